The highest BCUT2D eigenvalue weighted by Gasteiger charge is 2.21. The van der Waals surface area contributed by atoms with Gasteiger partial charge in [0.1, 0.15) is 0 Å². The van der Waals surface area contributed by atoms with Crippen LogP contribution in [0.1, 0.15) is 39.0 Å². The molecule has 0 saturated heterocycles. The first-order valence-electron chi connectivity index (χ1n) is 7.75. The Morgan fingerprint density at radius 1 is 1.35 bits per heavy atom. The number of aryl methyl sites for hydroxylation is 1. The number of nitrogens with one attached hydrogen (secondary N) is 1. The zero-order chi connectivity index (χ0) is 16.4. The summed E-state index contributed by atoms with van der Waals surface area (Å²) in [5.74, 6) is -0.397. The van der Waals surface area contributed by atoms with Gasteiger partial charge in [-0.1, -0.05) is 25.1 Å². The van der Waals surface area contributed by atoms with Crippen LogP contribution >= 0.6 is 11.3 Å². The highest BCUT2D eigenvalue weighted by Crippen LogP contribution is 2.32. The molecule has 1 heterocycles. The van der Waals surface area contributed by atoms with Crippen LogP contribution < -0.4 is 5.32 Å². The van der Waals surface area contributed by atoms with Crippen LogP contribution in [-0.2, 0) is 24.1 Å². The van der Waals surface area contributed by atoms with Crippen LogP contribution in [0.15, 0.2) is 30.3 Å². The number of carbonyl (C=O) groups excluding carboxylic acids is 1. The lowest BCUT2D eigenvalue weighted by Crippen LogP contribution is -2.13. The Morgan fingerprint density at radius 3 is 2.91 bits per heavy atom. The summed E-state index contributed by atoms with van der Waals surface area (Å²) < 4.78 is 0. The third kappa shape index (κ3) is 3.62. The van der Waals surface area contributed by atoms with Crippen LogP contribution in [0.3, 0.4) is 0 Å². The fraction of sp³-hybridized carbons (Fsp3) is 0.333. The number of carboxylic acid groups (broad SMARTS) is 1. The number of benzene rings is 1. The van der Waals surface area contributed by atoms with Gasteiger partial charge in [0.05, 0.1) is 11.3 Å². The minimum absolute atomic E-state index is 0.102. The number of hydrogen-bond acceptors (Lipinski definition) is 3. The van der Waals surface area contributed by atoms with Crippen LogP contribution in [0.25, 0.3) is 0 Å². The van der Waals surface area contributed by atoms with Gasteiger partial charge < -0.3 is 10.4 Å². The molecule has 1 aliphatic rings. The molecule has 1 aromatic heterocycles. The van der Waals surface area contributed by atoms with Crippen molar-refractivity contribution < 1.29 is 14.7 Å². The van der Waals surface area contributed by atoms with E-state index in [1.165, 1.54) is 16.9 Å². The Bertz CT molecular complexity index is 750. The Balaban J connectivity index is 1.79. The van der Waals surface area contributed by atoms with Gasteiger partial charge in [-0.25, -0.2) is 0 Å². The molecule has 1 aromatic carbocycles. The van der Waals surface area contributed by atoms with Crippen molar-refractivity contribution in [1.29, 1.82) is 0 Å². The third-order valence-corrected chi connectivity index (χ3v) is 5.40. The first kappa shape index (κ1) is 15.7. The molecule has 1 atom stereocenters. The lowest BCUT2D eigenvalue weighted by Gasteiger charge is -2.16. The third-order valence-electron chi connectivity index (χ3n) is 4.16. The molecular formula is C18H19NO3S. The Morgan fingerprint density at radius 2 is 2.13 bits per heavy atom. The van der Waals surface area contributed by atoms with Gasteiger partial charge in [0.2, 0.25) is 0 Å². The van der Waals surface area contributed by atoms with E-state index in [2.05, 4.69) is 12.2 Å². The van der Waals surface area contributed by atoms with Gasteiger partial charge in [0.15, 0.2) is 0 Å². The van der Waals surface area contributed by atoms with E-state index in [4.69, 9.17) is 5.11 Å². The predicted molar refractivity (Wildman–Crippen MR) is 91.2 cm³/mol. The Kier molecular flexibility index (Phi) is 4.48. The zero-order valence-electron chi connectivity index (χ0n) is 13.0. The zero-order valence-corrected chi connectivity index (χ0v) is 13.8. The molecule has 1 amide bonds. The molecule has 0 aliphatic heterocycles. The van der Waals surface area contributed by atoms with Gasteiger partial charge in [-0.05, 0) is 48.4 Å². The molecule has 1 unspecified atom stereocenters. The van der Waals surface area contributed by atoms with Gasteiger partial charge in [-0.15, -0.1) is 11.3 Å². The number of amides is 1. The molecule has 2 aromatic rings. The number of thiophene rings is 1. The first-order valence-corrected chi connectivity index (χ1v) is 8.57. The summed E-state index contributed by atoms with van der Waals surface area (Å²) in [6.45, 7) is 2.24. The maximum Gasteiger partial charge on any atom is 0.307 e. The second-order valence-corrected chi connectivity index (χ2v) is 7.23. The molecule has 0 spiro atoms. The second kappa shape index (κ2) is 6.54. The summed E-state index contributed by atoms with van der Waals surface area (Å²) in [5, 5.41) is 11.8. The number of para-hydroxylation sites is 1. The van der Waals surface area contributed by atoms with Gasteiger partial charge in [-0.2, -0.15) is 0 Å². The summed E-state index contributed by atoms with van der Waals surface area (Å²) in [6.07, 6.45) is 3.16. The van der Waals surface area contributed by atoms with Crippen molar-refractivity contribution in [3.63, 3.8) is 0 Å². The van der Waals surface area contributed by atoms with Crippen LogP contribution in [0.4, 0.5) is 5.69 Å². The Labute approximate surface area is 139 Å². The average molecular weight is 329 g/mol. The largest absolute Gasteiger partial charge is 0.481 e. The highest BCUT2D eigenvalue weighted by atomic mass is 32.1. The summed E-state index contributed by atoms with van der Waals surface area (Å²) in [6, 6.07) is 9.03. The van der Waals surface area contributed by atoms with E-state index in [1.54, 1.807) is 35.6 Å². The minimum Gasteiger partial charge on any atom is -0.481 e. The van der Waals surface area contributed by atoms with E-state index >= 15 is 0 Å². The van der Waals surface area contributed by atoms with Crippen molar-refractivity contribution in [1.82, 2.24) is 0 Å². The summed E-state index contributed by atoms with van der Waals surface area (Å²) in [5.41, 5.74) is 2.47. The van der Waals surface area contributed by atoms with Crippen LogP contribution in [0.2, 0.25) is 0 Å². The van der Waals surface area contributed by atoms with Gasteiger partial charge in [-0.3, -0.25) is 9.59 Å². The summed E-state index contributed by atoms with van der Waals surface area (Å²) in [4.78, 5) is 25.4. The van der Waals surface area contributed by atoms with E-state index in [1.807, 2.05) is 6.07 Å². The Hall–Kier alpha value is -2.14. The van der Waals surface area contributed by atoms with Gasteiger partial charge in [0.25, 0.3) is 5.91 Å². The lowest BCUT2D eigenvalue weighted by atomic mass is 9.90. The van der Waals surface area contributed by atoms with E-state index in [0.29, 0.717) is 22.0 Å². The molecule has 0 fully saturated rings. The first-order chi connectivity index (χ1) is 11.0. The SMILES string of the molecule is CC1CCc2sc(C(=O)Nc3ccccc3CC(=O)O)cc2C1. The normalized spacial score (nSPS) is 16.7. The minimum atomic E-state index is -0.910. The van der Waals surface area contributed by atoms with Gasteiger partial charge in [0, 0.05) is 10.6 Å². The molecule has 5 heteroatoms. The molecule has 0 radical (unpaired) electrons. The van der Waals surface area contributed by atoms with Crippen molar-refractivity contribution in [3.8, 4) is 0 Å². The molecule has 23 heavy (non-hydrogen) atoms. The predicted octanol–water partition coefficient (Wildman–Crippen LogP) is 3.75. The van der Waals surface area contributed by atoms with Crippen LogP contribution in [0, 0.1) is 5.92 Å². The standard InChI is InChI=1S/C18H19NO3S/c1-11-6-7-15-13(8-11)9-16(23-15)18(22)19-14-5-3-2-4-12(14)10-17(20)21/h2-5,9,11H,6-8,10H2,1H3,(H,19,22)(H,20,21). The van der Waals surface area contributed by atoms with Crippen molar-refractivity contribution in [2.45, 2.75) is 32.6 Å². The van der Waals surface area contributed by atoms with Gasteiger partial charge >= 0.3 is 5.97 Å². The smallest absolute Gasteiger partial charge is 0.307 e. The van der Waals surface area contributed by atoms with Crippen LogP contribution in [-0.4, -0.2) is 17.0 Å². The topological polar surface area (TPSA) is 66.4 Å². The molecule has 0 bridgehead atoms. The molecular weight excluding hydrogens is 310 g/mol. The molecule has 120 valence electrons. The number of carbonyl (C=O) groups is 2. The second-order valence-electron chi connectivity index (χ2n) is 6.09. The number of anilines is 1. The molecule has 4 nitrogen and oxygen atoms in total. The average Bonchev–Trinajstić information content (AvgIpc) is 2.92. The van der Waals surface area contributed by atoms with Crippen molar-refractivity contribution >= 4 is 28.9 Å². The maximum absolute atomic E-state index is 12.5. The van der Waals surface area contributed by atoms with E-state index in [9.17, 15) is 9.59 Å². The van der Waals surface area contributed by atoms with Crippen LogP contribution in [0.5, 0.6) is 0 Å². The number of hydrogen-bond donors (Lipinski definition) is 2. The fourth-order valence-corrected chi connectivity index (χ4v) is 4.06. The molecule has 0 saturated carbocycles. The number of rotatable bonds is 4. The number of aliphatic carboxylic acids is 1. The highest BCUT2D eigenvalue weighted by molar-refractivity contribution is 7.14. The summed E-state index contributed by atoms with van der Waals surface area (Å²) in [7, 11) is 0. The van der Waals surface area contributed by atoms with Crippen molar-refractivity contribution in [3.05, 3.63) is 51.2 Å². The van der Waals surface area contributed by atoms with E-state index in [0.717, 1.165) is 12.8 Å². The molecule has 3 rings (SSSR count). The molecule has 1 aliphatic carbocycles. The van der Waals surface area contributed by atoms with Crippen molar-refractivity contribution in [2.75, 3.05) is 5.32 Å². The maximum atomic E-state index is 12.5. The number of carboxylic acids is 1. The van der Waals surface area contributed by atoms with E-state index < -0.39 is 5.97 Å². The lowest BCUT2D eigenvalue weighted by molar-refractivity contribution is -0.136. The summed E-state index contributed by atoms with van der Waals surface area (Å²) >= 11 is 1.56. The molecule has 2 N–H and O–H groups in total. The quantitative estimate of drug-likeness (QED) is 0.897. The monoisotopic (exact) mass is 329 g/mol. The number of fused-ring (bicyclic) bond motifs is 1. The van der Waals surface area contributed by atoms with Crippen molar-refractivity contribution in [2.24, 2.45) is 5.92 Å². The van der Waals surface area contributed by atoms with E-state index in [-0.39, 0.29) is 12.3 Å². The fourth-order valence-electron chi connectivity index (χ4n) is 2.96.